The molecule has 0 heterocycles. The lowest BCUT2D eigenvalue weighted by atomic mass is 10.2. The maximum atomic E-state index is 10.0. The van der Waals surface area contributed by atoms with Gasteiger partial charge in [0.25, 0.3) is 0 Å². The Kier molecular flexibility index (Phi) is 7.79. The van der Waals surface area contributed by atoms with Gasteiger partial charge >= 0.3 is 6.00 Å². The van der Waals surface area contributed by atoms with Crippen LogP contribution in [0.2, 0.25) is 6.04 Å². The van der Waals surface area contributed by atoms with Gasteiger partial charge in [-0.15, -0.1) is 39.8 Å². The molecule has 0 fully saturated rings. The molecule has 1 aromatic carbocycles. The first kappa shape index (κ1) is 14.7. The molecule has 0 amide bonds. The molecule has 5 heteroatoms. The minimum absolute atomic E-state index is 0.539. The van der Waals surface area contributed by atoms with Gasteiger partial charge in [-0.05, 0) is 0 Å². The van der Waals surface area contributed by atoms with E-state index in [1.807, 2.05) is 18.2 Å². The van der Waals surface area contributed by atoms with Crippen molar-refractivity contribution in [2.75, 3.05) is 0 Å². The second-order valence-corrected chi connectivity index (χ2v) is 11.8. The van der Waals surface area contributed by atoms with Crippen molar-refractivity contribution < 1.29 is 4.79 Å². The van der Waals surface area contributed by atoms with E-state index in [0.29, 0.717) is 6.04 Å². The maximum Gasteiger partial charge on any atom is 0.344 e. The Morgan fingerprint density at radius 3 is 1.93 bits per heavy atom. The third-order valence-electron chi connectivity index (χ3n) is 1.31. The summed E-state index contributed by atoms with van der Waals surface area (Å²) in [5.74, 6) is 0. The van der Waals surface area contributed by atoms with Crippen molar-refractivity contribution in [1.29, 1.82) is 0 Å². The summed E-state index contributed by atoms with van der Waals surface area (Å²) in [4.78, 5) is 10.0. The summed E-state index contributed by atoms with van der Waals surface area (Å²) in [5.41, 5.74) is 0.729. The number of benzene rings is 1. The molecule has 0 aliphatic rings. The number of aldehydes is 1. The minimum Gasteiger partial charge on any atom is -0.298 e. The minimum atomic E-state index is -2.36. The van der Waals surface area contributed by atoms with Crippen LogP contribution in [0.1, 0.15) is 10.4 Å². The van der Waals surface area contributed by atoms with Crippen molar-refractivity contribution in [1.82, 2.24) is 0 Å². The van der Waals surface area contributed by atoms with E-state index >= 15 is 0 Å². The first-order chi connectivity index (χ1) is 6.99. The Labute approximate surface area is 105 Å². The fraction of sp³-hybridized carbons (Fsp3) is 0.100. The number of rotatable bonds is 3. The standard InChI is InChI=1S/C7H6O.C3H5Cl3Si/c8-6-7-4-2-1-3-5-7;1-2-3-7(4,5)6/h1-6H;2H,1,3H2. The summed E-state index contributed by atoms with van der Waals surface area (Å²) >= 11 is 16.3. The maximum absolute atomic E-state index is 10.0. The van der Waals surface area contributed by atoms with Crippen LogP contribution in [0.25, 0.3) is 0 Å². The van der Waals surface area contributed by atoms with E-state index in [-0.39, 0.29) is 0 Å². The molecular formula is C10H11Cl3OSi. The van der Waals surface area contributed by atoms with Crippen molar-refractivity contribution in [3.63, 3.8) is 0 Å². The molecule has 0 N–H and O–H groups in total. The van der Waals surface area contributed by atoms with Gasteiger partial charge in [0.1, 0.15) is 6.29 Å². The molecule has 0 saturated carbocycles. The van der Waals surface area contributed by atoms with Gasteiger partial charge in [-0.3, -0.25) is 4.79 Å². The van der Waals surface area contributed by atoms with Gasteiger partial charge in [0.2, 0.25) is 0 Å². The average molecular weight is 282 g/mol. The molecule has 15 heavy (non-hydrogen) atoms. The lowest BCUT2D eigenvalue weighted by Crippen LogP contribution is -2.05. The van der Waals surface area contributed by atoms with Gasteiger partial charge in [0.15, 0.2) is 0 Å². The molecule has 1 nitrogen and oxygen atoms in total. The lowest BCUT2D eigenvalue weighted by Gasteiger charge is -1.99. The highest BCUT2D eigenvalue weighted by Crippen LogP contribution is 2.24. The van der Waals surface area contributed by atoms with Crippen LogP contribution >= 0.6 is 33.2 Å². The molecule has 1 aromatic rings. The molecule has 1 rings (SSSR count). The summed E-state index contributed by atoms with van der Waals surface area (Å²) in [5, 5.41) is 0. The van der Waals surface area contributed by atoms with Crippen LogP contribution in [0, 0.1) is 0 Å². The average Bonchev–Trinajstić information content (AvgIpc) is 2.18. The van der Waals surface area contributed by atoms with E-state index in [1.54, 1.807) is 18.2 Å². The topological polar surface area (TPSA) is 17.1 Å². The van der Waals surface area contributed by atoms with Gasteiger partial charge < -0.3 is 0 Å². The van der Waals surface area contributed by atoms with E-state index in [9.17, 15) is 4.79 Å². The fourth-order valence-electron chi connectivity index (χ4n) is 0.695. The number of allylic oxidation sites excluding steroid dienone is 1. The van der Waals surface area contributed by atoms with Gasteiger partial charge in [-0.25, -0.2) is 0 Å². The number of halogens is 3. The number of hydrogen-bond donors (Lipinski definition) is 0. The van der Waals surface area contributed by atoms with Crippen LogP contribution in [-0.4, -0.2) is 12.3 Å². The van der Waals surface area contributed by atoms with E-state index < -0.39 is 6.00 Å². The Balaban J connectivity index is 0.000000265. The SMILES string of the molecule is C=CC[Si](Cl)(Cl)Cl.O=Cc1ccccc1. The zero-order valence-corrected chi connectivity index (χ0v) is 11.3. The summed E-state index contributed by atoms with van der Waals surface area (Å²) in [6.45, 7) is 3.43. The number of hydrogen-bond acceptors (Lipinski definition) is 1. The number of carbonyl (C=O) groups is 1. The Morgan fingerprint density at radius 2 is 1.73 bits per heavy atom. The zero-order valence-electron chi connectivity index (χ0n) is 8.00. The van der Waals surface area contributed by atoms with Crippen LogP contribution in [0.3, 0.4) is 0 Å². The van der Waals surface area contributed by atoms with Gasteiger partial charge in [0, 0.05) is 11.6 Å². The quantitative estimate of drug-likeness (QED) is 0.349. The zero-order chi connectivity index (χ0) is 11.7. The van der Waals surface area contributed by atoms with Crippen molar-refractivity contribution in [3.05, 3.63) is 48.6 Å². The highest BCUT2D eigenvalue weighted by atomic mass is 35.8. The summed E-state index contributed by atoms with van der Waals surface area (Å²) in [7, 11) is 0. The second kappa shape index (κ2) is 7.94. The molecule has 0 aliphatic heterocycles. The monoisotopic (exact) mass is 280 g/mol. The van der Waals surface area contributed by atoms with E-state index in [1.165, 1.54) is 0 Å². The molecule has 0 spiro atoms. The van der Waals surface area contributed by atoms with E-state index in [0.717, 1.165) is 11.8 Å². The summed E-state index contributed by atoms with van der Waals surface area (Å²) in [6, 6.07) is 7.28. The van der Waals surface area contributed by atoms with Crippen LogP contribution in [0.15, 0.2) is 43.0 Å². The molecule has 0 bridgehead atoms. The molecule has 82 valence electrons. The van der Waals surface area contributed by atoms with Crippen molar-refractivity contribution in [3.8, 4) is 0 Å². The van der Waals surface area contributed by atoms with Crippen molar-refractivity contribution >= 4 is 45.5 Å². The molecular weight excluding hydrogens is 271 g/mol. The molecule has 0 saturated heterocycles. The third kappa shape index (κ3) is 10.0. The highest BCUT2D eigenvalue weighted by Gasteiger charge is 2.21. The van der Waals surface area contributed by atoms with Gasteiger partial charge in [-0.1, -0.05) is 36.4 Å². The van der Waals surface area contributed by atoms with Gasteiger partial charge in [-0.2, -0.15) is 0 Å². The predicted octanol–water partition coefficient (Wildman–Crippen LogP) is 4.33. The molecule has 0 unspecified atom stereocenters. The smallest absolute Gasteiger partial charge is 0.298 e. The normalized spacial score (nSPS) is 9.80. The first-order valence-electron chi connectivity index (χ1n) is 4.17. The predicted molar refractivity (Wildman–Crippen MR) is 70.1 cm³/mol. The highest BCUT2D eigenvalue weighted by molar-refractivity contribution is 7.64. The molecule has 0 atom stereocenters. The molecule has 0 radical (unpaired) electrons. The third-order valence-corrected chi connectivity index (χ3v) is 3.45. The second-order valence-electron chi connectivity index (χ2n) is 2.64. The van der Waals surface area contributed by atoms with E-state index in [4.69, 9.17) is 33.2 Å². The lowest BCUT2D eigenvalue weighted by molar-refractivity contribution is 0.112. The van der Waals surface area contributed by atoms with Crippen LogP contribution in [0.5, 0.6) is 0 Å². The fourth-order valence-corrected chi connectivity index (χ4v) is 2.00. The largest absolute Gasteiger partial charge is 0.344 e. The Morgan fingerprint density at radius 1 is 1.20 bits per heavy atom. The van der Waals surface area contributed by atoms with Crippen LogP contribution in [0.4, 0.5) is 0 Å². The Bertz CT molecular complexity index is 295. The van der Waals surface area contributed by atoms with Crippen molar-refractivity contribution in [2.24, 2.45) is 0 Å². The Hall–Kier alpha value is -0.283. The molecule has 0 aromatic heterocycles. The first-order valence-corrected chi connectivity index (χ1v) is 9.41. The van der Waals surface area contributed by atoms with Gasteiger partial charge in [0.05, 0.1) is 0 Å². The number of carbonyl (C=O) groups excluding carboxylic acids is 1. The summed E-state index contributed by atoms with van der Waals surface area (Å²) in [6.07, 6.45) is 2.46. The van der Waals surface area contributed by atoms with Crippen LogP contribution in [-0.2, 0) is 0 Å². The van der Waals surface area contributed by atoms with Crippen molar-refractivity contribution in [2.45, 2.75) is 6.04 Å². The summed E-state index contributed by atoms with van der Waals surface area (Å²) < 4.78 is 0. The van der Waals surface area contributed by atoms with E-state index in [2.05, 4.69) is 6.58 Å². The molecule has 0 aliphatic carbocycles. The van der Waals surface area contributed by atoms with Crippen LogP contribution < -0.4 is 0 Å².